The van der Waals surface area contributed by atoms with Crippen LogP contribution >= 0.6 is 0 Å². The molecule has 1 N–H and O–H groups in total. The zero-order chi connectivity index (χ0) is 9.42. The molecule has 0 atom stereocenters. The van der Waals surface area contributed by atoms with E-state index < -0.39 is 5.97 Å². The molecular weight excluding hydrogens is 168 g/mol. The van der Waals surface area contributed by atoms with Crippen molar-refractivity contribution >= 4 is 5.97 Å². The van der Waals surface area contributed by atoms with Crippen molar-refractivity contribution in [2.45, 2.75) is 32.7 Å². The number of hydrogen-bond donors (Lipinski definition) is 1. The first-order valence-corrected chi connectivity index (χ1v) is 4.49. The Morgan fingerprint density at radius 1 is 1.54 bits per heavy atom. The number of hydrogen-bond acceptors (Lipinski definition) is 2. The van der Waals surface area contributed by atoms with Gasteiger partial charge in [-0.25, -0.2) is 9.78 Å². The largest absolute Gasteiger partial charge is 0.477 e. The second kappa shape index (κ2) is 2.87. The summed E-state index contributed by atoms with van der Waals surface area (Å²) in [6.07, 6.45) is 3.09. The Bertz CT molecular complexity index is 355. The van der Waals surface area contributed by atoms with Gasteiger partial charge >= 0.3 is 5.97 Å². The van der Waals surface area contributed by atoms with Crippen LogP contribution in [0.5, 0.6) is 0 Å². The van der Waals surface area contributed by atoms with Crippen LogP contribution in [0.4, 0.5) is 0 Å². The van der Waals surface area contributed by atoms with E-state index in [1.807, 2.05) is 4.57 Å². The van der Waals surface area contributed by atoms with Gasteiger partial charge in [0.05, 0.1) is 5.69 Å². The highest BCUT2D eigenvalue weighted by Gasteiger charge is 2.21. The lowest BCUT2D eigenvalue weighted by molar-refractivity contribution is 0.0683. The highest BCUT2D eigenvalue weighted by Crippen LogP contribution is 2.18. The number of aryl methyl sites for hydroxylation is 2. The highest BCUT2D eigenvalue weighted by atomic mass is 16.4. The van der Waals surface area contributed by atoms with Crippen LogP contribution in [-0.4, -0.2) is 20.6 Å². The first kappa shape index (κ1) is 8.29. The number of imidazole rings is 1. The van der Waals surface area contributed by atoms with E-state index >= 15 is 0 Å². The van der Waals surface area contributed by atoms with Crippen molar-refractivity contribution in [1.82, 2.24) is 9.55 Å². The first-order chi connectivity index (χ1) is 6.20. The lowest BCUT2D eigenvalue weighted by atomic mass is 10.1. The van der Waals surface area contributed by atoms with Gasteiger partial charge in [-0.2, -0.15) is 0 Å². The molecule has 13 heavy (non-hydrogen) atoms. The molecule has 0 fully saturated rings. The monoisotopic (exact) mass is 180 g/mol. The summed E-state index contributed by atoms with van der Waals surface area (Å²) in [5.74, 6) is 0.0688. The van der Waals surface area contributed by atoms with Crippen LogP contribution in [0.1, 0.15) is 34.8 Å². The first-order valence-electron chi connectivity index (χ1n) is 4.49. The Labute approximate surface area is 76.2 Å². The molecule has 2 rings (SSSR count). The third kappa shape index (κ3) is 1.22. The predicted molar refractivity (Wildman–Crippen MR) is 46.9 cm³/mol. The third-order valence-corrected chi connectivity index (χ3v) is 2.46. The third-order valence-electron chi connectivity index (χ3n) is 2.46. The molecule has 0 saturated carbocycles. The topological polar surface area (TPSA) is 55.1 Å². The lowest BCUT2D eigenvalue weighted by Crippen LogP contribution is -2.16. The van der Waals surface area contributed by atoms with E-state index in [9.17, 15) is 4.79 Å². The van der Waals surface area contributed by atoms with Gasteiger partial charge in [-0.05, 0) is 19.8 Å². The summed E-state index contributed by atoms with van der Waals surface area (Å²) in [6.45, 7) is 2.56. The Morgan fingerprint density at radius 2 is 2.31 bits per heavy atom. The maximum Gasteiger partial charge on any atom is 0.354 e. The van der Waals surface area contributed by atoms with Crippen LogP contribution < -0.4 is 0 Å². The van der Waals surface area contributed by atoms with E-state index in [0.717, 1.165) is 31.6 Å². The molecule has 1 aromatic heterocycles. The fourth-order valence-corrected chi connectivity index (χ4v) is 1.89. The van der Waals surface area contributed by atoms with Crippen molar-refractivity contribution in [3.8, 4) is 0 Å². The average molecular weight is 180 g/mol. The fraction of sp³-hybridized carbons (Fsp3) is 0.556. The summed E-state index contributed by atoms with van der Waals surface area (Å²) >= 11 is 0. The van der Waals surface area contributed by atoms with Crippen LogP contribution in [0.15, 0.2) is 0 Å². The van der Waals surface area contributed by atoms with Crippen LogP contribution in [0.25, 0.3) is 0 Å². The summed E-state index contributed by atoms with van der Waals surface area (Å²) in [7, 11) is 0. The maximum atomic E-state index is 10.9. The van der Waals surface area contributed by atoms with E-state index in [1.54, 1.807) is 6.92 Å². The molecule has 1 aliphatic rings. The number of carboxylic acid groups (broad SMARTS) is 1. The number of fused-ring (bicyclic) bond motifs is 1. The van der Waals surface area contributed by atoms with E-state index in [-0.39, 0.29) is 0 Å². The van der Waals surface area contributed by atoms with Crippen LogP contribution in [0, 0.1) is 6.92 Å². The van der Waals surface area contributed by atoms with Crippen molar-refractivity contribution in [2.75, 3.05) is 0 Å². The van der Waals surface area contributed by atoms with Crippen LogP contribution in [0.3, 0.4) is 0 Å². The summed E-state index contributed by atoms with van der Waals surface area (Å²) < 4.78 is 1.83. The van der Waals surface area contributed by atoms with E-state index in [4.69, 9.17) is 5.11 Å². The number of aromatic nitrogens is 2. The summed E-state index contributed by atoms with van der Waals surface area (Å²) in [5.41, 5.74) is 1.01. The van der Waals surface area contributed by atoms with Gasteiger partial charge in [-0.1, -0.05) is 0 Å². The zero-order valence-electron chi connectivity index (χ0n) is 7.58. The van der Waals surface area contributed by atoms with Crippen LogP contribution in [-0.2, 0) is 13.0 Å². The molecule has 0 unspecified atom stereocenters. The van der Waals surface area contributed by atoms with Gasteiger partial charge in [0.15, 0.2) is 0 Å². The van der Waals surface area contributed by atoms with Crippen LogP contribution in [0.2, 0.25) is 0 Å². The van der Waals surface area contributed by atoms with Crippen molar-refractivity contribution in [1.29, 1.82) is 0 Å². The van der Waals surface area contributed by atoms with E-state index in [0.29, 0.717) is 11.4 Å². The summed E-state index contributed by atoms with van der Waals surface area (Å²) in [5, 5.41) is 8.95. The molecule has 2 heterocycles. The Balaban J connectivity index is 2.54. The van der Waals surface area contributed by atoms with Gasteiger partial charge in [0, 0.05) is 13.0 Å². The molecule has 0 saturated heterocycles. The van der Waals surface area contributed by atoms with E-state index in [2.05, 4.69) is 4.98 Å². The van der Waals surface area contributed by atoms with Gasteiger partial charge in [0.25, 0.3) is 0 Å². The predicted octanol–water partition coefficient (Wildman–Crippen LogP) is 1.23. The van der Waals surface area contributed by atoms with Crippen molar-refractivity contribution in [2.24, 2.45) is 0 Å². The van der Waals surface area contributed by atoms with Crippen molar-refractivity contribution < 1.29 is 9.90 Å². The second-order valence-electron chi connectivity index (χ2n) is 3.38. The maximum absolute atomic E-state index is 10.9. The molecule has 0 amide bonds. The highest BCUT2D eigenvalue weighted by molar-refractivity contribution is 5.87. The fourth-order valence-electron chi connectivity index (χ4n) is 1.89. The molecule has 70 valence electrons. The Morgan fingerprint density at radius 3 is 3.00 bits per heavy atom. The molecule has 4 nitrogen and oxygen atoms in total. The molecule has 0 aromatic carbocycles. The smallest absolute Gasteiger partial charge is 0.354 e. The standard InChI is InChI=1S/C9H12N2O2/c1-6-8(9(12)13)11-5-3-2-4-7(11)10-6/h2-5H2,1H3,(H,12,13). The van der Waals surface area contributed by atoms with Gasteiger partial charge < -0.3 is 9.67 Å². The summed E-state index contributed by atoms with van der Waals surface area (Å²) in [4.78, 5) is 15.1. The molecule has 0 radical (unpaired) electrons. The number of aromatic carboxylic acids is 1. The molecule has 1 aliphatic heterocycles. The molecule has 0 aliphatic carbocycles. The Kier molecular flexibility index (Phi) is 1.83. The SMILES string of the molecule is Cc1nc2n(c1C(=O)O)CCCC2. The molecular formula is C9H12N2O2. The minimum absolute atomic E-state index is 0.370. The minimum Gasteiger partial charge on any atom is -0.477 e. The van der Waals surface area contributed by atoms with E-state index in [1.165, 1.54) is 0 Å². The average Bonchev–Trinajstić information content (AvgIpc) is 2.39. The normalized spacial score (nSPS) is 15.5. The zero-order valence-corrected chi connectivity index (χ0v) is 7.58. The molecule has 0 bridgehead atoms. The second-order valence-corrected chi connectivity index (χ2v) is 3.38. The quantitative estimate of drug-likeness (QED) is 0.707. The van der Waals surface area contributed by atoms with Gasteiger partial charge in [0.1, 0.15) is 11.5 Å². The lowest BCUT2D eigenvalue weighted by Gasteiger charge is -2.14. The van der Waals surface area contributed by atoms with Crippen molar-refractivity contribution in [3.63, 3.8) is 0 Å². The molecule has 1 aromatic rings. The number of nitrogens with zero attached hydrogens (tertiary/aromatic N) is 2. The summed E-state index contributed by atoms with van der Waals surface area (Å²) in [6, 6.07) is 0. The van der Waals surface area contributed by atoms with Crippen molar-refractivity contribution in [3.05, 3.63) is 17.2 Å². The van der Waals surface area contributed by atoms with Gasteiger partial charge in [-0.15, -0.1) is 0 Å². The van der Waals surface area contributed by atoms with Gasteiger partial charge in [0.2, 0.25) is 0 Å². The number of carbonyl (C=O) groups is 1. The number of carboxylic acids is 1. The molecule has 4 heteroatoms. The minimum atomic E-state index is -0.863. The number of rotatable bonds is 1. The van der Waals surface area contributed by atoms with Gasteiger partial charge in [-0.3, -0.25) is 0 Å². The Hall–Kier alpha value is -1.32. The molecule has 0 spiro atoms.